The van der Waals surface area contributed by atoms with Crippen molar-refractivity contribution in [3.8, 4) is 0 Å². The molecule has 0 fully saturated rings. The van der Waals surface area contributed by atoms with Crippen LogP contribution in [0.4, 0.5) is 5.69 Å². The van der Waals surface area contributed by atoms with Crippen LogP contribution in [0.5, 0.6) is 0 Å². The van der Waals surface area contributed by atoms with Crippen LogP contribution in [0.15, 0.2) is 36.4 Å². The number of hydrogen-bond acceptors (Lipinski definition) is 4. The maximum Gasteiger partial charge on any atom is 0.304 e. The summed E-state index contributed by atoms with van der Waals surface area (Å²) in [6, 6.07) is 10.9. The SMILES string of the molecule is Cc1ccc(C)c(N(CC(=O)NCCSCc2c(Cl)cccc2Cl)S(=O)(=O)N(C)C)c1. The monoisotopic (exact) mass is 503 g/mol. The van der Waals surface area contributed by atoms with E-state index in [2.05, 4.69) is 5.32 Å². The van der Waals surface area contributed by atoms with Gasteiger partial charge >= 0.3 is 10.2 Å². The maximum atomic E-state index is 12.9. The van der Waals surface area contributed by atoms with Crippen molar-refractivity contribution in [3.05, 3.63) is 63.1 Å². The molecule has 2 aromatic rings. The van der Waals surface area contributed by atoms with E-state index in [1.54, 1.807) is 36.0 Å². The van der Waals surface area contributed by atoms with Crippen molar-refractivity contribution in [1.82, 2.24) is 9.62 Å². The van der Waals surface area contributed by atoms with Crippen LogP contribution in [0.1, 0.15) is 16.7 Å². The molecule has 0 aliphatic heterocycles. The van der Waals surface area contributed by atoms with Gasteiger partial charge in [-0.15, -0.1) is 0 Å². The predicted octanol–water partition coefficient (Wildman–Crippen LogP) is 4.27. The molecule has 0 heterocycles. The lowest BCUT2D eigenvalue weighted by Gasteiger charge is -2.28. The van der Waals surface area contributed by atoms with Gasteiger partial charge in [0.15, 0.2) is 0 Å². The molecular formula is C21H27Cl2N3O3S2. The molecule has 0 radical (unpaired) electrons. The molecule has 0 aromatic heterocycles. The molecule has 2 rings (SSSR count). The number of nitrogens with zero attached hydrogens (tertiary/aromatic N) is 2. The molecule has 0 atom stereocenters. The van der Waals surface area contributed by atoms with Crippen molar-refractivity contribution < 1.29 is 13.2 Å². The van der Waals surface area contributed by atoms with Crippen LogP contribution in [-0.2, 0) is 20.8 Å². The van der Waals surface area contributed by atoms with Gasteiger partial charge in [-0.3, -0.25) is 4.79 Å². The molecule has 1 N–H and O–H groups in total. The Morgan fingerprint density at radius 3 is 2.35 bits per heavy atom. The first kappa shape index (κ1) is 25.8. The van der Waals surface area contributed by atoms with E-state index in [4.69, 9.17) is 23.2 Å². The van der Waals surface area contributed by atoms with E-state index in [0.717, 1.165) is 25.3 Å². The van der Waals surface area contributed by atoms with Gasteiger partial charge in [0.25, 0.3) is 0 Å². The number of carbonyl (C=O) groups excluding carboxylic acids is 1. The molecule has 0 saturated carbocycles. The number of carbonyl (C=O) groups is 1. The summed E-state index contributed by atoms with van der Waals surface area (Å²) in [7, 11) is -0.943. The highest BCUT2D eigenvalue weighted by molar-refractivity contribution is 7.98. The standard InChI is InChI=1S/C21H27Cl2N3O3S2/c1-15-8-9-16(2)20(12-15)26(31(28,29)25(3)4)13-21(27)24-10-11-30-14-17-18(22)6-5-7-19(17)23/h5-9,12H,10-11,13-14H2,1-4H3,(H,24,27). The van der Waals surface area contributed by atoms with Gasteiger partial charge in [0, 0.05) is 42.2 Å². The van der Waals surface area contributed by atoms with Gasteiger partial charge in [0.2, 0.25) is 5.91 Å². The van der Waals surface area contributed by atoms with Crippen molar-refractivity contribution in [1.29, 1.82) is 0 Å². The minimum absolute atomic E-state index is 0.300. The Balaban J connectivity index is 1.99. The van der Waals surface area contributed by atoms with E-state index in [-0.39, 0.29) is 12.5 Å². The maximum absolute atomic E-state index is 12.9. The van der Waals surface area contributed by atoms with E-state index in [1.807, 2.05) is 26.0 Å². The largest absolute Gasteiger partial charge is 0.354 e. The molecule has 0 aliphatic rings. The lowest BCUT2D eigenvalue weighted by Crippen LogP contribution is -2.46. The van der Waals surface area contributed by atoms with Gasteiger partial charge in [0.05, 0.1) is 5.69 Å². The Hall–Kier alpha value is -1.45. The molecule has 0 saturated heterocycles. The molecule has 1 amide bonds. The Bertz CT molecular complexity index is 1010. The van der Waals surface area contributed by atoms with Gasteiger partial charge in [-0.2, -0.15) is 24.5 Å². The van der Waals surface area contributed by atoms with Crippen LogP contribution in [0, 0.1) is 13.8 Å². The smallest absolute Gasteiger partial charge is 0.304 e. The van der Waals surface area contributed by atoms with E-state index in [1.165, 1.54) is 14.1 Å². The number of amides is 1. The van der Waals surface area contributed by atoms with E-state index >= 15 is 0 Å². The molecule has 6 nitrogen and oxygen atoms in total. The molecule has 10 heteroatoms. The number of aryl methyl sites for hydroxylation is 2. The van der Waals surface area contributed by atoms with Gasteiger partial charge in [-0.25, -0.2) is 4.31 Å². The minimum Gasteiger partial charge on any atom is -0.354 e. The quantitative estimate of drug-likeness (QED) is 0.491. The van der Waals surface area contributed by atoms with Crippen LogP contribution in [0.3, 0.4) is 0 Å². The van der Waals surface area contributed by atoms with Crippen LogP contribution in [0.2, 0.25) is 10.0 Å². The summed E-state index contributed by atoms with van der Waals surface area (Å²) in [5.74, 6) is 0.887. The molecule has 0 bridgehead atoms. The summed E-state index contributed by atoms with van der Waals surface area (Å²) in [5, 5.41) is 4.02. The number of thioether (sulfide) groups is 1. The first-order valence-corrected chi connectivity index (χ1v) is 12.9. The number of rotatable bonds is 10. The topological polar surface area (TPSA) is 69.7 Å². The predicted molar refractivity (Wildman–Crippen MR) is 132 cm³/mol. The minimum atomic E-state index is -3.84. The summed E-state index contributed by atoms with van der Waals surface area (Å²) in [6.45, 7) is 3.80. The average Bonchev–Trinajstić information content (AvgIpc) is 2.69. The van der Waals surface area contributed by atoms with E-state index < -0.39 is 10.2 Å². The normalized spacial score (nSPS) is 11.6. The highest BCUT2D eigenvalue weighted by Gasteiger charge is 2.28. The number of benzene rings is 2. The van der Waals surface area contributed by atoms with Gasteiger partial charge < -0.3 is 5.32 Å². The van der Waals surface area contributed by atoms with Crippen molar-refractivity contribution in [2.45, 2.75) is 19.6 Å². The average molecular weight is 505 g/mol. The van der Waals surface area contributed by atoms with Gasteiger partial charge in [-0.1, -0.05) is 41.4 Å². The highest BCUT2D eigenvalue weighted by atomic mass is 35.5. The Kier molecular flexibility index (Phi) is 9.51. The number of hydrogen-bond donors (Lipinski definition) is 1. The summed E-state index contributed by atoms with van der Waals surface area (Å²) < 4.78 is 28.0. The third kappa shape index (κ3) is 7.02. The summed E-state index contributed by atoms with van der Waals surface area (Å²) >= 11 is 13.9. The Labute approximate surface area is 199 Å². The van der Waals surface area contributed by atoms with Crippen molar-refractivity contribution in [3.63, 3.8) is 0 Å². The number of halogens is 2. The molecule has 31 heavy (non-hydrogen) atoms. The highest BCUT2D eigenvalue weighted by Crippen LogP contribution is 2.28. The third-order valence-electron chi connectivity index (χ3n) is 4.54. The lowest BCUT2D eigenvalue weighted by atomic mass is 10.1. The van der Waals surface area contributed by atoms with Gasteiger partial charge in [-0.05, 0) is 48.7 Å². The fourth-order valence-corrected chi connectivity index (χ4v) is 5.48. The summed E-state index contributed by atoms with van der Waals surface area (Å²) in [6.07, 6.45) is 0. The second-order valence-corrected chi connectivity index (χ2v) is 11.2. The zero-order valence-electron chi connectivity index (χ0n) is 18.0. The Morgan fingerprint density at radius 2 is 1.74 bits per heavy atom. The Morgan fingerprint density at radius 1 is 1.10 bits per heavy atom. The van der Waals surface area contributed by atoms with Crippen LogP contribution in [0.25, 0.3) is 0 Å². The molecule has 0 spiro atoms. The summed E-state index contributed by atoms with van der Waals surface area (Å²) in [5.41, 5.74) is 3.04. The number of nitrogens with one attached hydrogen (secondary N) is 1. The van der Waals surface area contributed by atoms with Crippen LogP contribution < -0.4 is 9.62 Å². The molecular weight excluding hydrogens is 477 g/mol. The molecule has 2 aromatic carbocycles. The zero-order valence-corrected chi connectivity index (χ0v) is 21.1. The fourth-order valence-electron chi connectivity index (χ4n) is 2.77. The van der Waals surface area contributed by atoms with Crippen molar-refractivity contribution in [2.24, 2.45) is 0 Å². The lowest BCUT2D eigenvalue weighted by molar-refractivity contribution is -0.119. The van der Waals surface area contributed by atoms with E-state index in [9.17, 15) is 13.2 Å². The molecule has 0 aliphatic carbocycles. The zero-order chi connectivity index (χ0) is 23.2. The van der Waals surface area contributed by atoms with E-state index in [0.29, 0.717) is 33.8 Å². The second kappa shape index (κ2) is 11.4. The van der Waals surface area contributed by atoms with Crippen molar-refractivity contribution >= 4 is 56.8 Å². The molecule has 0 unspecified atom stereocenters. The first-order chi connectivity index (χ1) is 14.5. The number of anilines is 1. The van der Waals surface area contributed by atoms with Crippen molar-refractivity contribution in [2.75, 3.05) is 37.2 Å². The third-order valence-corrected chi connectivity index (χ3v) is 8.04. The van der Waals surface area contributed by atoms with Crippen LogP contribution in [-0.4, -0.2) is 51.6 Å². The van der Waals surface area contributed by atoms with Crippen LogP contribution >= 0.6 is 35.0 Å². The fraction of sp³-hybridized carbons (Fsp3) is 0.381. The second-order valence-electron chi connectivity index (χ2n) is 7.19. The summed E-state index contributed by atoms with van der Waals surface area (Å²) in [4.78, 5) is 12.5. The first-order valence-electron chi connectivity index (χ1n) is 9.58. The molecule has 170 valence electrons. The van der Waals surface area contributed by atoms with Gasteiger partial charge in [0.1, 0.15) is 6.54 Å².